The van der Waals surface area contributed by atoms with E-state index in [1.54, 1.807) is 0 Å². The quantitative estimate of drug-likeness (QED) is 0.169. The molecule has 0 saturated heterocycles. The first-order chi connectivity index (χ1) is 27.7. The van der Waals surface area contributed by atoms with E-state index in [0.717, 1.165) is 44.6 Å². The van der Waals surface area contributed by atoms with E-state index in [4.69, 9.17) is 19.9 Å². The van der Waals surface area contributed by atoms with E-state index in [2.05, 4.69) is 120 Å². The third-order valence-corrected chi connectivity index (χ3v) is 12.2. The van der Waals surface area contributed by atoms with Crippen LogP contribution in [-0.4, -0.2) is 24.3 Å². The number of nitrogens with zero attached hydrogens (tertiary/aromatic N) is 5. The molecular formula is C50H29N5S. The van der Waals surface area contributed by atoms with Gasteiger partial charge in [-0.15, -0.1) is 11.3 Å². The second-order valence-corrected chi connectivity index (χ2v) is 15.3. The second-order valence-electron chi connectivity index (χ2n) is 14.3. The molecule has 12 aromatic rings. The summed E-state index contributed by atoms with van der Waals surface area (Å²) in [6.45, 7) is 0. The van der Waals surface area contributed by atoms with Crippen LogP contribution >= 0.6 is 11.3 Å². The van der Waals surface area contributed by atoms with Crippen molar-refractivity contribution in [2.75, 3.05) is 0 Å². The molecule has 0 aliphatic carbocycles. The van der Waals surface area contributed by atoms with Crippen molar-refractivity contribution in [2.24, 2.45) is 0 Å². The molecule has 0 N–H and O–H groups in total. The first kappa shape index (κ1) is 31.1. The van der Waals surface area contributed by atoms with Crippen molar-refractivity contribution >= 4 is 80.5 Å². The molecule has 0 unspecified atom stereocenters. The van der Waals surface area contributed by atoms with Gasteiger partial charge in [0.1, 0.15) is 0 Å². The minimum absolute atomic E-state index is 0.632. The molecule has 0 bridgehead atoms. The van der Waals surface area contributed by atoms with Gasteiger partial charge >= 0.3 is 0 Å². The maximum atomic E-state index is 5.42. The third kappa shape index (κ3) is 4.86. The van der Waals surface area contributed by atoms with Gasteiger partial charge in [0.05, 0.1) is 21.4 Å². The fourth-order valence-electron chi connectivity index (χ4n) is 8.21. The average Bonchev–Trinajstić information content (AvgIpc) is 3.83. The van der Waals surface area contributed by atoms with Gasteiger partial charge in [0.15, 0.2) is 23.1 Å². The summed E-state index contributed by atoms with van der Waals surface area (Å²) in [6, 6.07) is 62.1. The Hall–Kier alpha value is -7.28. The van der Waals surface area contributed by atoms with E-state index >= 15 is 0 Å². The summed E-state index contributed by atoms with van der Waals surface area (Å²) >= 11 is 1.84. The van der Waals surface area contributed by atoms with Crippen LogP contribution in [0.2, 0.25) is 0 Å². The van der Waals surface area contributed by atoms with Crippen molar-refractivity contribution < 1.29 is 0 Å². The molecule has 0 radical (unpaired) electrons. The monoisotopic (exact) mass is 731 g/mol. The lowest BCUT2D eigenvalue weighted by molar-refractivity contribution is 1.07. The number of hydrogen-bond donors (Lipinski definition) is 0. The topological polar surface area (TPSA) is 56.0 Å². The lowest BCUT2D eigenvalue weighted by Crippen LogP contribution is -2.00. The van der Waals surface area contributed by atoms with Gasteiger partial charge in [0, 0.05) is 32.2 Å². The molecule has 4 heterocycles. The Bertz CT molecular complexity index is 3460. The van der Waals surface area contributed by atoms with Gasteiger partial charge < -0.3 is 0 Å². The number of rotatable bonds is 4. The summed E-state index contributed by atoms with van der Waals surface area (Å²) in [4.78, 5) is 20.3. The lowest BCUT2D eigenvalue weighted by Gasteiger charge is -2.11. The van der Waals surface area contributed by atoms with E-state index in [-0.39, 0.29) is 0 Å². The highest BCUT2D eigenvalue weighted by molar-refractivity contribution is 7.27. The van der Waals surface area contributed by atoms with Crippen LogP contribution in [-0.2, 0) is 0 Å². The fourth-order valence-corrected chi connectivity index (χ4v) is 9.50. The highest BCUT2D eigenvalue weighted by Gasteiger charge is 2.20. The summed E-state index contributed by atoms with van der Waals surface area (Å²) in [5.41, 5.74) is 8.02. The molecule has 0 aliphatic heterocycles. The standard InChI is InChI=1S/C50H29N5S/c1-3-12-32(13-4-1)47-52-48(33-14-5-2-6-15-33)54-49(53-47)34-21-19-31(20-22-34)43-29-41-40-24-23-30-11-9-10-18-39(30)45(40)56-46(41)50-51-42-27-37-25-35-16-7-8-17-36(35)26-38(37)28-44(42)55(43)50/h1-29H. The van der Waals surface area contributed by atoms with Crippen LogP contribution in [0.3, 0.4) is 0 Å². The van der Waals surface area contributed by atoms with Crippen LogP contribution in [0.25, 0.3) is 115 Å². The summed E-state index contributed by atoms with van der Waals surface area (Å²) in [7, 11) is 0. The first-order valence-electron chi connectivity index (χ1n) is 18.7. The van der Waals surface area contributed by atoms with Gasteiger partial charge in [-0.3, -0.25) is 4.40 Å². The van der Waals surface area contributed by atoms with Crippen LogP contribution in [0.5, 0.6) is 0 Å². The van der Waals surface area contributed by atoms with Gasteiger partial charge in [-0.25, -0.2) is 19.9 Å². The van der Waals surface area contributed by atoms with Crippen molar-refractivity contribution in [2.45, 2.75) is 0 Å². The number of fused-ring (bicyclic) bond motifs is 11. The molecule has 0 spiro atoms. The normalized spacial score (nSPS) is 11.9. The van der Waals surface area contributed by atoms with Gasteiger partial charge in [-0.2, -0.15) is 0 Å². The first-order valence-corrected chi connectivity index (χ1v) is 19.5. The predicted octanol–water partition coefficient (Wildman–Crippen LogP) is 13.2. The number of pyridine rings is 1. The zero-order chi connectivity index (χ0) is 36.7. The maximum Gasteiger partial charge on any atom is 0.164 e. The summed E-state index contributed by atoms with van der Waals surface area (Å²) < 4.78 is 4.84. The van der Waals surface area contributed by atoms with Gasteiger partial charge in [-0.1, -0.05) is 146 Å². The van der Waals surface area contributed by atoms with E-state index < -0.39 is 0 Å². The summed E-state index contributed by atoms with van der Waals surface area (Å²) in [5.74, 6) is 1.92. The van der Waals surface area contributed by atoms with Crippen molar-refractivity contribution in [1.29, 1.82) is 0 Å². The van der Waals surface area contributed by atoms with E-state index in [1.165, 1.54) is 52.5 Å². The van der Waals surface area contributed by atoms with Crippen LogP contribution < -0.4 is 0 Å². The van der Waals surface area contributed by atoms with Gasteiger partial charge in [0.2, 0.25) is 0 Å². The average molecular weight is 732 g/mol. The largest absolute Gasteiger partial charge is 0.291 e. The highest BCUT2D eigenvalue weighted by Crippen LogP contribution is 2.44. The van der Waals surface area contributed by atoms with Crippen molar-refractivity contribution in [3.05, 3.63) is 176 Å². The summed E-state index contributed by atoms with van der Waals surface area (Å²) in [5, 5.41) is 9.82. The van der Waals surface area contributed by atoms with Crippen LogP contribution in [0.4, 0.5) is 0 Å². The zero-order valence-corrected chi connectivity index (χ0v) is 30.7. The Balaban J connectivity index is 1.09. The molecule has 12 rings (SSSR count). The Labute approximate surface area is 324 Å². The Morgan fingerprint density at radius 2 is 0.911 bits per heavy atom. The molecule has 56 heavy (non-hydrogen) atoms. The highest BCUT2D eigenvalue weighted by atomic mass is 32.1. The Morgan fingerprint density at radius 1 is 0.357 bits per heavy atom. The molecule has 8 aromatic carbocycles. The molecule has 260 valence electrons. The van der Waals surface area contributed by atoms with Crippen molar-refractivity contribution in [1.82, 2.24) is 24.3 Å². The number of thiophene rings is 1. The van der Waals surface area contributed by atoms with Crippen LogP contribution in [0.1, 0.15) is 0 Å². The molecule has 0 saturated carbocycles. The fraction of sp³-hybridized carbons (Fsp3) is 0. The molecule has 0 fully saturated rings. The molecule has 6 heteroatoms. The van der Waals surface area contributed by atoms with Crippen LogP contribution in [0, 0.1) is 0 Å². The molecule has 4 aromatic heterocycles. The SMILES string of the molecule is c1ccc(-c2nc(-c3ccccc3)nc(-c3ccc(-c4cc5c6ccc7ccccc7c6sc5c5nc6cc7cc8ccccc8cc7cc6n45)cc3)n2)cc1. The van der Waals surface area contributed by atoms with E-state index in [9.17, 15) is 0 Å². The molecule has 0 amide bonds. The summed E-state index contributed by atoms with van der Waals surface area (Å²) in [6.07, 6.45) is 0. The second kappa shape index (κ2) is 12.1. The molecule has 0 atom stereocenters. The maximum absolute atomic E-state index is 5.42. The van der Waals surface area contributed by atoms with Gasteiger partial charge in [-0.05, 0) is 68.2 Å². The number of aromatic nitrogens is 5. The van der Waals surface area contributed by atoms with Crippen molar-refractivity contribution in [3.63, 3.8) is 0 Å². The molecular weight excluding hydrogens is 703 g/mol. The Morgan fingerprint density at radius 3 is 1.57 bits per heavy atom. The van der Waals surface area contributed by atoms with Gasteiger partial charge in [0.25, 0.3) is 0 Å². The molecule has 5 nitrogen and oxygen atoms in total. The Kier molecular flexibility index (Phi) is 6.73. The minimum Gasteiger partial charge on any atom is -0.291 e. The lowest BCUT2D eigenvalue weighted by atomic mass is 10.0. The number of benzene rings is 8. The van der Waals surface area contributed by atoms with Crippen molar-refractivity contribution in [3.8, 4) is 45.4 Å². The predicted molar refractivity (Wildman–Crippen MR) is 233 cm³/mol. The van der Waals surface area contributed by atoms with E-state index in [0.29, 0.717) is 17.5 Å². The number of imidazole rings is 1. The minimum atomic E-state index is 0.632. The van der Waals surface area contributed by atoms with Crippen LogP contribution in [0.15, 0.2) is 176 Å². The van der Waals surface area contributed by atoms with E-state index in [1.807, 2.05) is 72.0 Å². The zero-order valence-electron chi connectivity index (χ0n) is 29.9. The molecule has 0 aliphatic rings. The third-order valence-electron chi connectivity index (χ3n) is 11.0. The smallest absolute Gasteiger partial charge is 0.164 e. The number of hydrogen-bond acceptors (Lipinski definition) is 5.